The molecule has 2 aliphatic heterocycles. The van der Waals surface area contributed by atoms with Crippen LogP contribution in [-0.4, -0.2) is 13.2 Å². The molecule has 0 saturated carbocycles. The summed E-state index contributed by atoms with van der Waals surface area (Å²) in [6.07, 6.45) is 1.79. The molecule has 0 spiro atoms. The van der Waals surface area contributed by atoms with E-state index in [1.54, 1.807) is 0 Å². The van der Waals surface area contributed by atoms with E-state index in [4.69, 9.17) is 21.1 Å². The maximum absolute atomic E-state index is 6.25. The standard InChI is InChI=1S/C10H8BrClO2/c11-7-5-1-3-14-10(5)8(12)6-2-4-13-9(6)7/h1-4H2. The first kappa shape index (κ1) is 8.86. The van der Waals surface area contributed by atoms with Crippen LogP contribution >= 0.6 is 27.5 Å². The average molecular weight is 276 g/mol. The quantitative estimate of drug-likeness (QED) is 0.725. The summed E-state index contributed by atoms with van der Waals surface area (Å²) in [6.45, 7) is 1.44. The molecule has 0 aromatic heterocycles. The average Bonchev–Trinajstić information content (AvgIpc) is 2.82. The normalized spacial score (nSPS) is 17.3. The molecule has 0 bridgehead atoms. The van der Waals surface area contributed by atoms with Crippen LogP contribution in [0.5, 0.6) is 11.5 Å². The van der Waals surface area contributed by atoms with Gasteiger partial charge < -0.3 is 9.47 Å². The Balaban J connectivity index is 2.33. The minimum Gasteiger partial charge on any atom is -0.492 e. The molecule has 14 heavy (non-hydrogen) atoms. The highest BCUT2D eigenvalue weighted by molar-refractivity contribution is 9.10. The van der Waals surface area contributed by atoms with E-state index >= 15 is 0 Å². The van der Waals surface area contributed by atoms with Crippen molar-refractivity contribution >= 4 is 27.5 Å². The summed E-state index contributed by atoms with van der Waals surface area (Å²) in [7, 11) is 0. The second kappa shape index (κ2) is 3.04. The first-order chi connectivity index (χ1) is 6.79. The molecule has 74 valence electrons. The Hall–Kier alpha value is -0.410. The van der Waals surface area contributed by atoms with Crippen LogP contribution in [0.4, 0.5) is 0 Å². The number of halogens is 2. The van der Waals surface area contributed by atoms with Crippen molar-refractivity contribution in [3.63, 3.8) is 0 Å². The maximum Gasteiger partial charge on any atom is 0.142 e. The highest BCUT2D eigenvalue weighted by atomic mass is 79.9. The van der Waals surface area contributed by atoms with Crippen molar-refractivity contribution < 1.29 is 9.47 Å². The van der Waals surface area contributed by atoms with E-state index in [1.165, 1.54) is 0 Å². The monoisotopic (exact) mass is 274 g/mol. The van der Waals surface area contributed by atoms with Crippen LogP contribution in [-0.2, 0) is 12.8 Å². The van der Waals surface area contributed by atoms with E-state index in [9.17, 15) is 0 Å². The van der Waals surface area contributed by atoms with E-state index in [2.05, 4.69) is 15.9 Å². The molecule has 2 nitrogen and oxygen atoms in total. The van der Waals surface area contributed by atoms with Gasteiger partial charge in [-0.05, 0) is 15.9 Å². The third-order valence-electron chi connectivity index (χ3n) is 2.67. The van der Waals surface area contributed by atoms with Crippen LogP contribution in [0, 0.1) is 0 Å². The van der Waals surface area contributed by atoms with Gasteiger partial charge in [-0.15, -0.1) is 0 Å². The van der Waals surface area contributed by atoms with Crippen molar-refractivity contribution in [3.05, 3.63) is 20.6 Å². The molecule has 0 radical (unpaired) electrons. The van der Waals surface area contributed by atoms with Crippen molar-refractivity contribution in [2.75, 3.05) is 13.2 Å². The van der Waals surface area contributed by atoms with Crippen LogP contribution < -0.4 is 9.47 Å². The molecule has 1 aromatic carbocycles. The van der Waals surface area contributed by atoms with E-state index < -0.39 is 0 Å². The molecule has 0 amide bonds. The fraction of sp³-hybridized carbons (Fsp3) is 0.400. The maximum atomic E-state index is 6.25. The summed E-state index contributed by atoms with van der Waals surface area (Å²) in [6, 6.07) is 0. The predicted octanol–water partition coefficient (Wildman–Crippen LogP) is 2.97. The minimum absolute atomic E-state index is 0.719. The van der Waals surface area contributed by atoms with Crippen LogP contribution in [0.15, 0.2) is 4.47 Å². The highest BCUT2D eigenvalue weighted by Gasteiger charge is 2.29. The molecular formula is C10H8BrClO2. The number of hydrogen-bond donors (Lipinski definition) is 0. The molecule has 0 N–H and O–H groups in total. The number of fused-ring (bicyclic) bond motifs is 2. The van der Waals surface area contributed by atoms with E-state index in [0.717, 1.165) is 58.2 Å². The fourth-order valence-electron chi connectivity index (χ4n) is 2.00. The van der Waals surface area contributed by atoms with Gasteiger partial charge in [-0.25, -0.2) is 0 Å². The van der Waals surface area contributed by atoms with Crippen molar-refractivity contribution in [2.24, 2.45) is 0 Å². The van der Waals surface area contributed by atoms with Crippen molar-refractivity contribution in [1.82, 2.24) is 0 Å². The van der Waals surface area contributed by atoms with Crippen LogP contribution in [0.1, 0.15) is 11.1 Å². The molecule has 2 aliphatic rings. The highest BCUT2D eigenvalue weighted by Crippen LogP contribution is 2.49. The lowest BCUT2D eigenvalue weighted by Crippen LogP contribution is -1.89. The smallest absolute Gasteiger partial charge is 0.142 e. The van der Waals surface area contributed by atoms with Gasteiger partial charge in [0.1, 0.15) is 11.5 Å². The minimum atomic E-state index is 0.719. The molecule has 4 heteroatoms. The summed E-state index contributed by atoms with van der Waals surface area (Å²) >= 11 is 9.80. The zero-order valence-electron chi connectivity index (χ0n) is 7.40. The van der Waals surface area contributed by atoms with Crippen molar-refractivity contribution in [2.45, 2.75) is 12.8 Å². The summed E-state index contributed by atoms with van der Waals surface area (Å²) in [5, 5.41) is 0.744. The number of benzene rings is 1. The third kappa shape index (κ3) is 1.03. The van der Waals surface area contributed by atoms with E-state index in [1.807, 2.05) is 0 Å². The molecular weight excluding hydrogens is 267 g/mol. The second-order valence-electron chi connectivity index (χ2n) is 3.44. The first-order valence-electron chi connectivity index (χ1n) is 4.57. The largest absolute Gasteiger partial charge is 0.492 e. The Morgan fingerprint density at radius 1 is 1.00 bits per heavy atom. The van der Waals surface area contributed by atoms with Gasteiger partial charge in [0.25, 0.3) is 0 Å². The van der Waals surface area contributed by atoms with Gasteiger partial charge in [0.05, 0.1) is 22.7 Å². The van der Waals surface area contributed by atoms with Gasteiger partial charge in [-0.1, -0.05) is 11.6 Å². The summed E-state index contributed by atoms with van der Waals surface area (Å²) < 4.78 is 12.1. The molecule has 0 aliphatic carbocycles. The zero-order chi connectivity index (χ0) is 9.71. The van der Waals surface area contributed by atoms with Gasteiger partial charge in [-0.3, -0.25) is 0 Å². The number of rotatable bonds is 0. The lowest BCUT2D eigenvalue weighted by molar-refractivity contribution is 0.354. The van der Waals surface area contributed by atoms with Crippen molar-refractivity contribution in [1.29, 1.82) is 0 Å². The van der Waals surface area contributed by atoms with Gasteiger partial charge in [0.15, 0.2) is 0 Å². The van der Waals surface area contributed by atoms with Gasteiger partial charge >= 0.3 is 0 Å². The Morgan fingerprint density at radius 2 is 1.64 bits per heavy atom. The molecule has 0 fully saturated rings. The zero-order valence-corrected chi connectivity index (χ0v) is 9.74. The Kier molecular flexibility index (Phi) is 1.92. The molecule has 0 atom stereocenters. The number of ether oxygens (including phenoxy) is 2. The van der Waals surface area contributed by atoms with Gasteiger partial charge in [-0.2, -0.15) is 0 Å². The topological polar surface area (TPSA) is 18.5 Å². The molecule has 2 heterocycles. The van der Waals surface area contributed by atoms with E-state index in [-0.39, 0.29) is 0 Å². The Bertz CT molecular complexity index is 345. The molecule has 0 saturated heterocycles. The number of hydrogen-bond acceptors (Lipinski definition) is 2. The second-order valence-corrected chi connectivity index (χ2v) is 4.61. The van der Waals surface area contributed by atoms with Gasteiger partial charge in [0.2, 0.25) is 0 Å². The summed E-state index contributed by atoms with van der Waals surface area (Å²) in [4.78, 5) is 0. The van der Waals surface area contributed by atoms with Crippen molar-refractivity contribution in [3.8, 4) is 11.5 Å². The third-order valence-corrected chi connectivity index (χ3v) is 3.91. The molecule has 3 rings (SSSR count). The molecule has 1 aromatic rings. The lowest BCUT2D eigenvalue weighted by Gasteiger charge is -2.09. The van der Waals surface area contributed by atoms with Crippen LogP contribution in [0.25, 0.3) is 0 Å². The first-order valence-corrected chi connectivity index (χ1v) is 5.74. The molecule has 0 unspecified atom stereocenters. The summed E-state index contributed by atoms with van der Waals surface area (Å²) in [5.74, 6) is 1.77. The summed E-state index contributed by atoms with van der Waals surface area (Å²) in [5.41, 5.74) is 2.23. The van der Waals surface area contributed by atoms with Crippen LogP contribution in [0.2, 0.25) is 5.02 Å². The van der Waals surface area contributed by atoms with Crippen LogP contribution in [0.3, 0.4) is 0 Å². The lowest BCUT2D eigenvalue weighted by atomic mass is 10.1. The Morgan fingerprint density at radius 3 is 2.43 bits per heavy atom. The fourth-order valence-corrected chi connectivity index (χ4v) is 3.08. The van der Waals surface area contributed by atoms with Gasteiger partial charge in [0, 0.05) is 24.0 Å². The predicted molar refractivity (Wildman–Crippen MR) is 57.6 cm³/mol. The SMILES string of the molecule is Clc1c2c(c(Br)c3c1OCC3)OCC2. The van der Waals surface area contributed by atoms with E-state index in [0.29, 0.717) is 0 Å². The Labute approximate surface area is 95.3 Å².